The number of carboxylic acids is 1. The molecule has 2 heterocycles. The van der Waals surface area contributed by atoms with Crippen molar-refractivity contribution in [2.24, 2.45) is 0 Å². The van der Waals surface area contributed by atoms with Gasteiger partial charge in [-0.05, 0) is 13.0 Å². The van der Waals surface area contributed by atoms with Gasteiger partial charge in [0.1, 0.15) is 6.61 Å². The summed E-state index contributed by atoms with van der Waals surface area (Å²) in [5.74, 6) is -0.824. The molecule has 0 unspecified atom stereocenters. The van der Waals surface area contributed by atoms with Crippen LogP contribution in [0.1, 0.15) is 13.3 Å². The minimum absolute atomic E-state index is 0.00921. The molecule has 1 amide bonds. The first-order valence-electron chi connectivity index (χ1n) is 4.91. The van der Waals surface area contributed by atoms with Crippen molar-refractivity contribution in [3.63, 3.8) is 0 Å². The maximum Gasteiger partial charge on any atom is 0.300 e. The number of ether oxygens (including phenoxy) is 1. The summed E-state index contributed by atoms with van der Waals surface area (Å²) in [6.45, 7) is 3.16. The molecule has 6 heteroatoms. The lowest BCUT2D eigenvalue weighted by Crippen LogP contribution is -2.59. The first kappa shape index (κ1) is 11.9. The van der Waals surface area contributed by atoms with Crippen molar-refractivity contribution in [1.82, 2.24) is 10.6 Å². The summed E-state index contributed by atoms with van der Waals surface area (Å²) in [5, 5.41) is 13.5. The van der Waals surface area contributed by atoms with E-state index in [2.05, 4.69) is 10.6 Å². The molecule has 0 aromatic rings. The Morgan fingerprint density at radius 1 is 1.60 bits per heavy atom. The molecule has 0 saturated carbocycles. The van der Waals surface area contributed by atoms with Gasteiger partial charge in [0.25, 0.3) is 5.97 Å². The number of hydrogen-bond donors (Lipinski definition) is 3. The van der Waals surface area contributed by atoms with Crippen LogP contribution >= 0.6 is 0 Å². The first-order chi connectivity index (χ1) is 7.09. The van der Waals surface area contributed by atoms with Gasteiger partial charge >= 0.3 is 0 Å². The summed E-state index contributed by atoms with van der Waals surface area (Å²) in [4.78, 5) is 19.9. The molecule has 0 aliphatic carbocycles. The highest BCUT2D eigenvalue weighted by molar-refractivity contribution is 5.78. The molecule has 0 radical (unpaired) electrons. The van der Waals surface area contributed by atoms with E-state index in [0.717, 1.165) is 26.4 Å². The minimum Gasteiger partial charge on any atom is -0.481 e. The first-order valence-corrected chi connectivity index (χ1v) is 4.91. The number of aliphatic carboxylic acids is 1. The smallest absolute Gasteiger partial charge is 0.300 e. The van der Waals surface area contributed by atoms with Gasteiger partial charge in [0, 0.05) is 13.5 Å². The van der Waals surface area contributed by atoms with Crippen LogP contribution in [0.5, 0.6) is 0 Å². The maximum absolute atomic E-state index is 10.9. The fraction of sp³-hybridized carbons (Fsp3) is 0.778. The second-order valence-electron chi connectivity index (χ2n) is 3.54. The highest BCUT2D eigenvalue weighted by atomic mass is 16.5. The molecule has 3 N–H and O–H groups in total. The molecule has 2 aliphatic heterocycles. The Morgan fingerprint density at radius 2 is 2.27 bits per heavy atom. The Labute approximate surface area is 88.0 Å². The van der Waals surface area contributed by atoms with Crippen molar-refractivity contribution in [2.75, 3.05) is 19.7 Å². The second-order valence-corrected chi connectivity index (χ2v) is 3.54. The Kier molecular flexibility index (Phi) is 4.51. The zero-order valence-electron chi connectivity index (χ0n) is 8.66. The van der Waals surface area contributed by atoms with Crippen molar-refractivity contribution >= 4 is 11.9 Å². The summed E-state index contributed by atoms with van der Waals surface area (Å²) in [7, 11) is 0. The topological polar surface area (TPSA) is 87.7 Å². The second kappa shape index (κ2) is 5.67. The SMILES string of the molecule is CC(=O)O.O=C1CO[C@H]2CCNC[C@H]2N1. The third-order valence-corrected chi connectivity index (χ3v) is 2.19. The van der Waals surface area contributed by atoms with Crippen LogP contribution in [-0.4, -0.2) is 48.8 Å². The molecule has 2 aliphatic rings. The zero-order chi connectivity index (χ0) is 11.3. The number of nitrogens with one attached hydrogen (secondary N) is 2. The van der Waals surface area contributed by atoms with Crippen LogP contribution in [0.4, 0.5) is 0 Å². The third-order valence-electron chi connectivity index (χ3n) is 2.19. The molecule has 6 nitrogen and oxygen atoms in total. The number of morpholine rings is 1. The van der Waals surface area contributed by atoms with Crippen molar-refractivity contribution in [1.29, 1.82) is 0 Å². The van der Waals surface area contributed by atoms with Gasteiger partial charge in [-0.15, -0.1) is 0 Å². The molecule has 2 rings (SSSR count). The Balaban J connectivity index is 0.000000245. The number of carbonyl (C=O) groups is 2. The van der Waals surface area contributed by atoms with Gasteiger partial charge in [-0.2, -0.15) is 0 Å². The summed E-state index contributed by atoms with van der Waals surface area (Å²) < 4.78 is 5.34. The van der Waals surface area contributed by atoms with Crippen LogP contribution in [0.3, 0.4) is 0 Å². The fourth-order valence-electron chi connectivity index (χ4n) is 1.61. The van der Waals surface area contributed by atoms with Crippen LogP contribution in [-0.2, 0) is 14.3 Å². The molecule has 15 heavy (non-hydrogen) atoms. The summed E-state index contributed by atoms with van der Waals surface area (Å²) in [5.41, 5.74) is 0. The van der Waals surface area contributed by atoms with E-state index < -0.39 is 5.97 Å². The molecule has 0 aromatic carbocycles. The van der Waals surface area contributed by atoms with Gasteiger partial charge in [0.15, 0.2) is 0 Å². The van der Waals surface area contributed by atoms with Crippen LogP contribution in [0.2, 0.25) is 0 Å². The Hall–Kier alpha value is -1.14. The number of hydrogen-bond acceptors (Lipinski definition) is 4. The van der Waals surface area contributed by atoms with E-state index in [4.69, 9.17) is 14.6 Å². The summed E-state index contributed by atoms with van der Waals surface area (Å²) in [6.07, 6.45) is 1.25. The van der Waals surface area contributed by atoms with Crippen molar-refractivity contribution in [2.45, 2.75) is 25.5 Å². The third kappa shape index (κ3) is 4.26. The lowest BCUT2D eigenvalue weighted by Gasteiger charge is -2.35. The van der Waals surface area contributed by atoms with Crippen molar-refractivity contribution < 1.29 is 19.4 Å². The van der Waals surface area contributed by atoms with Gasteiger partial charge in [-0.25, -0.2) is 0 Å². The van der Waals surface area contributed by atoms with Crippen molar-refractivity contribution in [3.8, 4) is 0 Å². The molecule has 2 atom stereocenters. The zero-order valence-corrected chi connectivity index (χ0v) is 8.66. The molecule has 2 fully saturated rings. The summed E-state index contributed by atoms with van der Waals surface area (Å²) >= 11 is 0. The number of carbonyl (C=O) groups excluding carboxylic acids is 1. The van der Waals surface area contributed by atoms with E-state index in [-0.39, 0.29) is 24.7 Å². The number of rotatable bonds is 0. The van der Waals surface area contributed by atoms with E-state index in [1.165, 1.54) is 0 Å². The minimum atomic E-state index is -0.833. The monoisotopic (exact) mass is 216 g/mol. The number of amides is 1. The van der Waals surface area contributed by atoms with Crippen LogP contribution in [0.25, 0.3) is 0 Å². The highest BCUT2D eigenvalue weighted by Gasteiger charge is 2.31. The average molecular weight is 216 g/mol. The maximum atomic E-state index is 10.9. The molecule has 2 saturated heterocycles. The van der Waals surface area contributed by atoms with Gasteiger partial charge in [0.05, 0.1) is 12.1 Å². The number of piperidine rings is 1. The number of fused-ring (bicyclic) bond motifs is 1. The van der Waals surface area contributed by atoms with Gasteiger partial charge in [0.2, 0.25) is 5.91 Å². The van der Waals surface area contributed by atoms with E-state index in [9.17, 15) is 4.79 Å². The molecule has 86 valence electrons. The van der Waals surface area contributed by atoms with Gasteiger partial charge in [-0.1, -0.05) is 0 Å². The predicted octanol–water partition coefficient (Wildman–Crippen LogP) is -1.05. The van der Waals surface area contributed by atoms with Crippen LogP contribution in [0, 0.1) is 0 Å². The molecular formula is C9H16N2O4. The van der Waals surface area contributed by atoms with Crippen LogP contribution < -0.4 is 10.6 Å². The largest absolute Gasteiger partial charge is 0.481 e. The quantitative estimate of drug-likeness (QED) is 0.481. The molecule has 0 spiro atoms. The summed E-state index contributed by atoms with van der Waals surface area (Å²) in [6, 6.07) is 0.199. The lowest BCUT2D eigenvalue weighted by molar-refractivity contribution is -0.138. The normalized spacial score (nSPS) is 29.3. The van der Waals surface area contributed by atoms with E-state index in [1.807, 2.05) is 0 Å². The van der Waals surface area contributed by atoms with Gasteiger partial charge in [-0.3, -0.25) is 9.59 Å². The van der Waals surface area contributed by atoms with Crippen LogP contribution in [0.15, 0.2) is 0 Å². The fourth-order valence-corrected chi connectivity index (χ4v) is 1.61. The standard InChI is InChI=1S/C7H12N2O2.C2H4O2/c10-7-4-11-6-1-2-8-3-5(6)9-7;1-2(3)4/h5-6,8H,1-4H2,(H,9,10);1H3,(H,3,4)/t5-,6+;/m1./s1. The Morgan fingerprint density at radius 3 is 2.93 bits per heavy atom. The predicted molar refractivity (Wildman–Crippen MR) is 52.5 cm³/mol. The lowest BCUT2D eigenvalue weighted by atomic mass is 10.0. The Bertz CT molecular complexity index is 240. The average Bonchev–Trinajstić information content (AvgIpc) is 2.16. The van der Waals surface area contributed by atoms with E-state index >= 15 is 0 Å². The van der Waals surface area contributed by atoms with E-state index in [1.54, 1.807) is 0 Å². The van der Waals surface area contributed by atoms with E-state index in [0.29, 0.717) is 0 Å². The van der Waals surface area contributed by atoms with Gasteiger partial charge < -0.3 is 20.5 Å². The molecule has 0 aromatic heterocycles. The molecular weight excluding hydrogens is 200 g/mol. The van der Waals surface area contributed by atoms with Crippen molar-refractivity contribution in [3.05, 3.63) is 0 Å². The highest BCUT2D eigenvalue weighted by Crippen LogP contribution is 2.11. The number of carboxylic acid groups (broad SMARTS) is 1. The molecule has 0 bridgehead atoms.